The predicted molar refractivity (Wildman–Crippen MR) is 76.3 cm³/mol. The van der Waals surface area contributed by atoms with E-state index in [0.29, 0.717) is 18.1 Å². The molecule has 0 aromatic heterocycles. The fraction of sp³-hybridized carbons (Fsp3) is 0.188. The van der Waals surface area contributed by atoms with Crippen LogP contribution in [0.3, 0.4) is 0 Å². The molecule has 0 fully saturated rings. The Labute approximate surface area is 122 Å². The second-order valence-corrected chi connectivity index (χ2v) is 4.27. The minimum absolute atomic E-state index is 0.399. The Morgan fingerprint density at radius 2 is 1.67 bits per heavy atom. The van der Waals surface area contributed by atoms with Gasteiger partial charge < -0.3 is 19.3 Å². The molecule has 2 aromatic rings. The zero-order chi connectivity index (χ0) is 15.1. The Balaban J connectivity index is 1.91. The third kappa shape index (κ3) is 4.50. The molecule has 1 unspecified atom stereocenters. The number of aliphatic carboxylic acids is 1. The molecule has 21 heavy (non-hydrogen) atoms. The molecule has 0 amide bonds. The van der Waals surface area contributed by atoms with Crippen molar-refractivity contribution in [2.45, 2.75) is 12.9 Å². The summed E-state index contributed by atoms with van der Waals surface area (Å²) in [6, 6.07) is 16.5. The molecule has 0 radical (unpaired) electrons. The minimum Gasteiger partial charge on any atom is -0.489 e. The van der Waals surface area contributed by atoms with Gasteiger partial charge in [0.05, 0.1) is 0 Å². The third-order valence-electron chi connectivity index (χ3n) is 2.73. The van der Waals surface area contributed by atoms with E-state index >= 15 is 0 Å². The molecule has 5 nitrogen and oxygen atoms in total. The normalized spacial score (nSPS) is 11.7. The van der Waals surface area contributed by atoms with E-state index < -0.39 is 12.3 Å². The number of methoxy groups -OCH3 is 1. The average Bonchev–Trinajstić information content (AvgIpc) is 2.52. The SMILES string of the molecule is COC(Oc1ccc(OCc2ccccc2)cc1)C(=O)O. The highest BCUT2D eigenvalue weighted by Crippen LogP contribution is 2.19. The van der Waals surface area contributed by atoms with Crippen LogP contribution in [0.25, 0.3) is 0 Å². The molecule has 0 bridgehead atoms. The lowest BCUT2D eigenvalue weighted by molar-refractivity contribution is -0.166. The number of hydrogen-bond donors (Lipinski definition) is 1. The van der Waals surface area contributed by atoms with Crippen LogP contribution in [0, 0.1) is 0 Å². The van der Waals surface area contributed by atoms with Gasteiger partial charge in [0.25, 0.3) is 6.29 Å². The largest absolute Gasteiger partial charge is 0.489 e. The summed E-state index contributed by atoms with van der Waals surface area (Å²) in [7, 11) is 1.27. The summed E-state index contributed by atoms with van der Waals surface area (Å²) in [5.74, 6) is -0.103. The smallest absolute Gasteiger partial charge is 0.373 e. The van der Waals surface area contributed by atoms with Crippen LogP contribution in [-0.2, 0) is 16.1 Å². The lowest BCUT2D eigenvalue weighted by atomic mass is 10.2. The molecule has 1 atom stereocenters. The van der Waals surface area contributed by atoms with Gasteiger partial charge in [0, 0.05) is 7.11 Å². The van der Waals surface area contributed by atoms with Crippen molar-refractivity contribution in [2.24, 2.45) is 0 Å². The molecule has 0 aliphatic carbocycles. The topological polar surface area (TPSA) is 65.0 Å². The molecule has 2 aromatic carbocycles. The van der Waals surface area contributed by atoms with Crippen LogP contribution < -0.4 is 9.47 Å². The zero-order valence-corrected chi connectivity index (χ0v) is 11.6. The van der Waals surface area contributed by atoms with Gasteiger partial charge in [-0.25, -0.2) is 4.79 Å². The van der Waals surface area contributed by atoms with Crippen LogP contribution in [0.1, 0.15) is 5.56 Å². The first-order chi connectivity index (χ1) is 10.2. The predicted octanol–water partition coefficient (Wildman–Crippen LogP) is 2.70. The van der Waals surface area contributed by atoms with Gasteiger partial charge in [-0.3, -0.25) is 0 Å². The van der Waals surface area contributed by atoms with Crippen LogP contribution in [-0.4, -0.2) is 24.5 Å². The quantitative estimate of drug-likeness (QED) is 0.794. The highest BCUT2D eigenvalue weighted by Gasteiger charge is 2.17. The molecule has 1 N–H and O–H groups in total. The van der Waals surface area contributed by atoms with Crippen LogP contribution in [0.5, 0.6) is 11.5 Å². The molecule has 0 aliphatic rings. The van der Waals surface area contributed by atoms with Crippen LogP contribution >= 0.6 is 0 Å². The average molecular weight is 288 g/mol. The van der Waals surface area contributed by atoms with Gasteiger partial charge in [0.15, 0.2) is 0 Å². The van der Waals surface area contributed by atoms with E-state index in [4.69, 9.17) is 19.3 Å². The Morgan fingerprint density at radius 3 is 2.24 bits per heavy atom. The summed E-state index contributed by atoms with van der Waals surface area (Å²) < 4.78 is 15.5. The van der Waals surface area contributed by atoms with Crippen molar-refractivity contribution in [1.82, 2.24) is 0 Å². The second kappa shape index (κ2) is 7.31. The van der Waals surface area contributed by atoms with Gasteiger partial charge in [0.1, 0.15) is 18.1 Å². The van der Waals surface area contributed by atoms with E-state index in [1.807, 2.05) is 30.3 Å². The maximum absolute atomic E-state index is 10.8. The zero-order valence-electron chi connectivity index (χ0n) is 11.6. The van der Waals surface area contributed by atoms with Gasteiger partial charge in [0.2, 0.25) is 0 Å². The van der Waals surface area contributed by atoms with E-state index in [-0.39, 0.29) is 0 Å². The van der Waals surface area contributed by atoms with Gasteiger partial charge in [-0.1, -0.05) is 30.3 Å². The summed E-state index contributed by atoms with van der Waals surface area (Å²) in [6.07, 6.45) is -1.32. The highest BCUT2D eigenvalue weighted by atomic mass is 16.7. The lowest BCUT2D eigenvalue weighted by Crippen LogP contribution is -2.28. The maximum Gasteiger partial charge on any atom is 0.373 e. The van der Waals surface area contributed by atoms with Crippen LogP contribution in [0.4, 0.5) is 0 Å². The number of hydrogen-bond acceptors (Lipinski definition) is 4. The Bertz CT molecular complexity index is 565. The highest BCUT2D eigenvalue weighted by molar-refractivity contribution is 5.71. The third-order valence-corrected chi connectivity index (χ3v) is 2.73. The number of ether oxygens (including phenoxy) is 3. The Kier molecular flexibility index (Phi) is 5.17. The molecule has 0 saturated carbocycles. The van der Waals surface area contributed by atoms with Gasteiger partial charge in [-0.2, -0.15) is 0 Å². The molecular formula is C16H16O5. The van der Waals surface area contributed by atoms with Crippen LogP contribution in [0.2, 0.25) is 0 Å². The molecule has 0 saturated heterocycles. The van der Waals surface area contributed by atoms with Gasteiger partial charge >= 0.3 is 5.97 Å². The number of carboxylic acid groups (broad SMARTS) is 1. The van der Waals surface area contributed by atoms with Crippen molar-refractivity contribution in [1.29, 1.82) is 0 Å². The number of rotatable bonds is 7. The molecule has 0 aliphatic heterocycles. The fourth-order valence-corrected chi connectivity index (χ4v) is 1.68. The monoisotopic (exact) mass is 288 g/mol. The Morgan fingerprint density at radius 1 is 1.05 bits per heavy atom. The first-order valence-electron chi connectivity index (χ1n) is 6.38. The van der Waals surface area contributed by atoms with Crippen molar-refractivity contribution in [3.8, 4) is 11.5 Å². The first-order valence-corrected chi connectivity index (χ1v) is 6.38. The summed E-state index contributed by atoms with van der Waals surface area (Å²) in [6.45, 7) is 0.469. The molecule has 5 heteroatoms. The summed E-state index contributed by atoms with van der Waals surface area (Å²) in [5, 5.41) is 8.82. The van der Waals surface area contributed by atoms with E-state index in [2.05, 4.69) is 0 Å². The minimum atomic E-state index is -1.32. The standard InChI is InChI=1S/C16H16O5/c1-19-16(15(17)18)21-14-9-7-13(8-10-14)20-11-12-5-3-2-4-6-12/h2-10,16H,11H2,1H3,(H,17,18). The Hall–Kier alpha value is -2.53. The van der Waals surface area contributed by atoms with E-state index in [0.717, 1.165) is 5.56 Å². The maximum atomic E-state index is 10.8. The van der Waals surface area contributed by atoms with Crippen molar-refractivity contribution in [2.75, 3.05) is 7.11 Å². The van der Waals surface area contributed by atoms with Crippen molar-refractivity contribution < 1.29 is 24.1 Å². The number of benzene rings is 2. The van der Waals surface area contributed by atoms with E-state index in [9.17, 15) is 4.79 Å². The van der Waals surface area contributed by atoms with E-state index in [1.54, 1.807) is 24.3 Å². The lowest BCUT2D eigenvalue weighted by Gasteiger charge is -2.13. The van der Waals surface area contributed by atoms with E-state index in [1.165, 1.54) is 7.11 Å². The summed E-state index contributed by atoms with van der Waals surface area (Å²) >= 11 is 0. The second-order valence-electron chi connectivity index (χ2n) is 4.27. The number of carbonyl (C=O) groups is 1. The summed E-state index contributed by atoms with van der Waals surface area (Å²) in [5.41, 5.74) is 1.07. The first kappa shape index (κ1) is 14.9. The van der Waals surface area contributed by atoms with Crippen LogP contribution in [0.15, 0.2) is 54.6 Å². The molecule has 2 rings (SSSR count). The molecule has 0 spiro atoms. The van der Waals surface area contributed by atoms with Crippen molar-refractivity contribution in [3.05, 3.63) is 60.2 Å². The van der Waals surface area contributed by atoms with Crippen molar-refractivity contribution in [3.63, 3.8) is 0 Å². The molecule has 0 heterocycles. The van der Waals surface area contributed by atoms with Gasteiger partial charge in [-0.15, -0.1) is 0 Å². The fourth-order valence-electron chi connectivity index (χ4n) is 1.68. The van der Waals surface area contributed by atoms with Crippen molar-refractivity contribution >= 4 is 5.97 Å². The summed E-state index contributed by atoms with van der Waals surface area (Å²) in [4.78, 5) is 10.8. The molecule has 110 valence electrons. The molecular weight excluding hydrogens is 272 g/mol. The number of carboxylic acids is 1. The van der Waals surface area contributed by atoms with Gasteiger partial charge in [-0.05, 0) is 29.8 Å².